The first-order chi connectivity index (χ1) is 5.81. The minimum atomic E-state index is 0.636. The van der Waals surface area contributed by atoms with E-state index in [0.29, 0.717) is 5.92 Å². The Balaban J connectivity index is 3.00. The SMILES string of the molecule is CC(CCl)CCCNC/C=C/Cl. The molecule has 0 rings (SSSR count). The maximum absolute atomic E-state index is 5.67. The lowest BCUT2D eigenvalue weighted by molar-refractivity contribution is 0.541. The van der Waals surface area contributed by atoms with Gasteiger partial charge >= 0.3 is 0 Å². The van der Waals surface area contributed by atoms with Gasteiger partial charge in [-0.15, -0.1) is 11.6 Å². The van der Waals surface area contributed by atoms with Crippen molar-refractivity contribution in [1.29, 1.82) is 0 Å². The number of nitrogens with one attached hydrogen (secondary N) is 1. The van der Waals surface area contributed by atoms with E-state index in [4.69, 9.17) is 23.2 Å². The zero-order valence-electron chi connectivity index (χ0n) is 7.52. The molecule has 3 heteroatoms. The molecule has 1 atom stereocenters. The van der Waals surface area contributed by atoms with Crippen LogP contribution in [0.1, 0.15) is 19.8 Å². The molecule has 0 fully saturated rings. The molecule has 0 spiro atoms. The minimum absolute atomic E-state index is 0.636. The summed E-state index contributed by atoms with van der Waals surface area (Å²) in [6, 6.07) is 0. The molecule has 12 heavy (non-hydrogen) atoms. The van der Waals surface area contributed by atoms with Crippen molar-refractivity contribution in [1.82, 2.24) is 5.32 Å². The van der Waals surface area contributed by atoms with Crippen LogP contribution in [-0.2, 0) is 0 Å². The van der Waals surface area contributed by atoms with E-state index in [1.165, 1.54) is 18.4 Å². The number of alkyl halides is 1. The molecule has 1 N–H and O–H groups in total. The number of halogens is 2. The minimum Gasteiger partial charge on any atom is -0.313 e. The average Bonchev–Trinajstić information content (AvgIpc) is 2.10. The summed E-state index contributed by atoms with van der Waals surface area (Å²) in [5.41, 5.74) is 1.54. The Kier molecular flexibility index (Phi) is 9.59. The molecule has 0 saturated heterocycles. The summed E-state index contributed by atoms with van der Waals surface area (Å²) in [6.45, 7) is 4.08. The molecule has 0 aliphatic rings. The molecule has 72 valence electrons. The summed E-state index contributed by atoms with van der Waals surface area (Å²) in [5.74, 6) is 1.40. The summed E-state index contributed by atoms with van der Waals surface area (Å²) >= 11 is 11.0. The van der Waals surface area contributed by atoms with Crippen LogP contribution in [-0.4, -0.2) is 19.0 Å². The van der Waals surface area contributed by atoms with Gasteiger partial charge in [-0.1, -0.05) is 24.6 Å². The van der Waals surface area contributed by atoms with Gasteiger partial charge in [-0.05, 0) is 25.3 Å². The lowest BCUT2D eigenvalue weighted by atomic mass is 10.1. The molecule has 0 amide bonds. The largest absolute Gasteiger partial charge is 0.313 e. The molecule has 1 nitrogen and oxygen atoms in total. The zero-order chi connectivity index (χ0) is 9.23. The van der Waals surface area contributed by atoms with Crippen molar-refractivity contribution in [2.75, 3.05) is 19.0 Å². The highest BCUT2D eigenvalue weighted by Gasteiger charge is 1.97. The van der Waals surface area contributed by atoms with E-state index < -0.39 is 0 Å². The van der Waals surface area contributed by atoms with Crippen LogP contribution >= 0.6 is 23.2 Å². The van der Waals surface area contributed by atoms with Crippen LogP contribution < -0.4 is 5.32 Å². The third-order valence-electron chi connectivity index (χ3n) is 1.67. The highest BCUT2D eigenvalue weighted by atomic mass is 35.5. The number of hydrogen-bond acceptors (Lipinski definition) is 1. The number of hydrogen-bond donors (Lipinski definition) is 1. The first-order valence-corrected chi connectivity index (χ1v) is 5.30. The summed E-state index contributed by atoms with van der Waals surface area (Å²) in [6.07, 6.45) is 4.28. The van der Waals surface area contributed by atoms with Crippen molar-refractivity contribution in [3.8, 4) is 0 Å². The monoisotopic (exact) mass is 209 g/mol. The van der Waals surface area contributed by atoms with Crippen LogP contribution in [0.4, 0.5) is 0 Å². The van der Waals surface area contributed by atoms with Gasteiger partial charge in [0.15, 0.2) is 0 Å². The van der Waals surface area contributed by atoms with E-state index in [1.54, 1.807) is 0 Å². The van der Waals surface area contributed by atoms with Crippen LogP contribution in [0.25, 0.3) is 0 Å². The van der Waals surface area contributed by atoms with Gasteiger partial charge in [-0.25, -0.2) is 0 Å². The summed E-state index contributed by atoms with van der Waals surface area (Å²) in [7, 11) is 0. The molecule has 0 bridgehead atoms. The van der Waals surface area contributed by atoms with Gasteiger partial charge in [-0.3, -0.25) is 0 Å². The Morgan fingerprint density at radius 2 is 2.25 bits per heavy atom. The van der Waals surface area contributed by atoms with E-state index in [-0.39, 0.29) is 0 Å². The van der Waals surface area contributed by atoms with Crippen molar-refractivity contribution in [2.24, 2.45) is 5.92 Å². The van der Waals surface area contributed by atoms with Crippen molar-refractivity contribution in [2.45, 2.75) is 19.8 Å². The second-order valence-corrected chi connectivity index (χ2v) is 3.53. The Morgan fingerprint density at radius 1 is 1.50 bits per heavy atom. The van der Waals surface area contributed by atoms with Crippen molar-refractivity contribution in [3.05, 3.63) is 11.6 Å². The van der Waals surface area contributed by atoms with Gasteiger partial charge in [0.2, 0.25) is 0 Å². The van der Waals surface area contributed by atoms with E-state index in [2.05, 4.69) is 12.2 Å². The van der Waals surface area contributed by atoms with Crippen molar-refractivity contribution < 1.29 is 0 Å². The van der Waals surface area contributed by atoms with Crippen LogP contribution in [0.5, 0.6) is 0 Å². The van der Waals surface area contributed by atoms with Gasteiger partial charge in [0.05, 0.1) is 0 Å². The third kappa shape index (κ3) is 8.38. The standard InChI is InChI=1S/C9H17Cl2N/c1-9(8-11)4-2-6-12-7-3-5-10/h3,5,9,12H,2,4,6-8H2,1H3/b5-3+. The molecule has 0 saturated carbocycles. The maximum Gasteiger partial charge on any atom is 0.0249 e. The van der Waals surface area contributed by atoms with Gasteiger partial charge in [0, 0.05) is 18.0 Å². The topological polar surface area (TPSA) is 12.0 Å². The normalized spacial score (nSPS) is 13.9. The molecule has 0 heterocycles. The highest BCUT2D eigenvalue weighted by molar-refractivity contribution is 6.25. The summed E-state index contributed by atoms with van der Waals surface area (Å²) in [5, 5.41) is 3.25. The summed E-state index contributed by atoms with van der Waals surface area (Å²) < 4.78 is 0. The first kappa shape index (κ1) is 12.3. The van der Waals surface area contributed by atoms with Gasteiger partial charge < -0.3 is 5.32 Å². The predicted octanol–water partition coefficient (Wildman–Crippen LogP) is 2.98. The molecule has 0 aliphatic heterocycles. The lowest BCUT2D eigenvalue weighted by Gasteiger charge is -2.06. The summed E-state index contributed by atoms with van der Waals surface area (Å²) in [4.78, 5) is 0. The van der Waals surface area contributed by atoms with E-state index in [1.807, 2.05) is 6.08 Å². The van der Waals surface area contributed by atoms with Gasteiger partial charge in [0.25, 0.3) is 0 Å². The fourth-order valence-corrected chi connectivity index (χ4v) is 1.13. The molecular weight excluding hydrogens is 193 g/mol. The second kappa shape index (κ2) is 9.37. The maximum atomic E-state index is 5.67. The Hall–Kier alpha value is 0.280. The predicted molar refractivity (Wildman–Crippen MR) is 57.0 cm³/mol. The molecule has 1 unspecified atom stereocenters. The van der Waals surface area contributed by atoms with Crippen LogP contribution in [0.3, 0.4) is 0 Å². The zero-order valence-corrected chi connectivity index (χ0v) is 9.04. The third-order valence-corrected chi connectivity index (χ3v) is 2.37. The molecule has 0 aliphatic carbocycles. The van der Waals surface area contributed by atoms with E-state index >= 15 is 0 Å². The van der Waals surface area contributed by atoms with E-state index in [9.17, 15) is 0 Å². The quantitative estimate of drug-likeness (QED) is 0.503. The second-order valence-electron chi connectivity index (χ2n) is 2.97. The van der Waals surface area contributed by atoms with E-state index in [0.717, 1.165) is 19.0 Å². The Labute approximate surface area is 85.1 Å². The lowest BCUT2D eigenvalue weighted by Crippen LogP contribution is -2.15. The van der Waals surface area contributed by atoms with Crippen LogP contribution in [0.15, 0.2) is 11.6 Å². The fraction of sp³-hybridized carbons (Fsp3) is 0.778. The average molecular weight is 210 g/mol. The smallest absolute Gasteiger partial charge is 0.0249 e. The van der Waals surface area contributed by atoms with Crippen LogP contribution in [0.2, 0.25) is 0 Å². The highest BCUT2D eigenvalue weighted by Crippen LogP contribution is 2.05. The number of rotatable bonds is 7. The Morgan fingerprint density at radius 3 is 2.83 bits per heavy atom. The molecule has 0 aromatic rings. The van der Waals surface area contributed by atoms with Crippen molar-refractivity contribution >= 4 is 23.2 Å². The molecule has 0 aromatic heterocycles. The first-order valence-electron chi connectivity index (χ1n) is 4.33. The van der Waals surface area contributed by atoms with Crippen molar-refractivity contribution in [3.63, 3.8) is 0 Å². The fourth-order valence-electron chi connectivity index (χ4n) is 0.883. The Bertz CT molecular complexity index is 115. The molecule has 0 radical (unpaired) electrons. The van der Waals surface area contributed by atoms with Gasteiger partial charge in [-0.2, -0.15) is 0 Å². The molecular formula is C9H17Cl2N. The van der Waals surface area contributed by atoms with Crippen LogP contribution in [0, 0.1) is 5.92 Å². The van der Waals surface area contributed by atoms with Gasteiger partial charge in [0.1, 0.15) is 0 Å². The molecule has 0 aromatic carbocycles.